The van der Waals surface area contributed by atoms with Crippen LogP contribution in [-0.4, -0.2) is 12.8 Å². The van der Waals surface area contributed by atoms with Crippen LogP contribution in [0.1, 0.15) is 11.1 Å². The van der Waals surface area contributed by atoms with Crippen molar-refractivity contribution in [2.75, 3.05) is 12.4 Å². The van der Waals surface area contributed by atoms with E-state index in [1.165, 1.54) is 0 Å². The number of furan rings is 1. The van der Waals surface area contributed by atoms with E-state index in [0.717, 1.165) is 38.8 Å². The van der Waals surface area contributed by atoms with E-state index in [1.54, 1.807) is 0 Å². The van der Waals surface area contributed by atoms with Gasteiger partial charge >= 0.3 is 0 Å². The third-order valence-corrected chi connectivity index (χ3v) is 4.13. The lowest BCUT2D eigenvalue weighted by Crippen LogP contribution is -2.05. The Kier molecular flexibility index (Phi) is 3.12. The minimum absolute atomic E-state index is 0.484. The molecule has 23 heavy (non-hydrogen) atoms. The van der Waals surface area contributed by atoms with Crippen LogP contribution in [0.15, 0.2) is 71.1 Å². The van der Waals surface area contributed by atoms with Crippen LogP contribution in [0.2, 0.25) is 0 Å². The highest BCUT2D eigenvalue weighted by Gasteiger charge is 2.12. The second-order valence-corrected chi connectivity index (χ2v) is 5.48. The van der Waals surface area contributed by atoms with Crippen molar-refractivity contribution in [1.29, 1.82) is 5.41 Å². The van der Waals surface area contributed by atoms with Crippen molar-refractivity contribution >= 4 is 33.3 Å². The minimum Gasteiger partial charge on any atom is -0.456 e. The van der Waals surface area contributed by atoms with E-state index in [1.807, 2.05) is 67.7 Å². The van der Waals surface area contributed by atoms with Crippen LogP contribution in [0.25, 0.3) is 21.9 Å². The van der Waals surface area contributed by atoms with Gasteiger partial charge in [0.25, 0.3) is 0 Å². The Balaban J connectivity index is 1.85. The lowest BCUT2D eigenvalue weighted by Gasteiger charge is -2.10. The number of hydrogen-bond acceptors (Lipinski definition) is 3. The molecule has 0 radical (unpaired) electrons. The molecule has 4 aromatic rings. The van der Waals surface area contributed by atoms with Gasteiger partial charge in [-0.25, -0.2) is 0 Å². The van der Waals surface area contributed by atoms with E-state index in [0.29, 0.717) is 5.71 Å². The topological polar surface area (TPSA) is 49.0 Å². The van der Waals surface area contributed by atoms with Crippen LogP contribution in [0.3, 0.4) is 0 Å². The predicted octanol–water partition coefficient (Wildman–Crippen LogP) is 5.04. The molecule has 112 valence electrons. The lowest BCUT2D eigenvalue weighted by atomic mass is 9.99. The van der Waals surface area contributed by atoms with Crippen molar-refractivity contribution < 1.29 is 4.42 Å². The summed E-state index contributed by atoms with van der Waals surface area (Å²) in [5.74, 6) is 0. The zero-order valence-electron chi connectivity index (χ0n) is 12.8. The van der Waals surface area contributed by atoms with Gasteiger partial charge < -0.3 is 9.73 Å². The highest BCUT2D eigenvalue weighted by Crippen LogP contribution is 2.30. The molecule has 1 aromatic heterocycles. The molecule has 0 aliphatic carbocycles. The number of hydrogen-bond donors (Lipinski definition) is 2. The van der Waals surface area contributed by atoms with Crippen LogP contribution < -0.4 is 5.32 Å². The van der Waals surface area contributed by atoms with E-state index in [9.17, 15) is 0 Å². The SMILES string of the molecule is CNc1ccccc1C(=N)c1ccc2c(c1)oc1ccccc12. The highest BCUT2D eigenvalue weighted by molar-refractivity contribution is 6.16. The average molecular weight is 300 g/mol. The Labute approximate surface area is 134 Å². The molecule has 4 rings (SSSR count). The molecule has 0 saturated heterocycles. The fourth-order valence-corrected chi connectivity index (χ4v) is 2.96. The van der Waals surface area contributed by atoms with E-state index in [-0.39, 0.29) is 0 Å². The molecule has 0 amide bonds. The summed E-state index contributed by atoms with van der Waals surface area (Å²) in [6.45, 7) is 0. The molecule has 0 spiro atoms. The maximum absolute atomic E-state index is 8.54. The quantitative estimate of drug-likeness (QED) is 0.520. The standard InChI is InChI=1S/C20H16N2O/c1-22-17-8-4-2-7-16(17)20(21)13-10-11-15-14-6-3-5-9-18(14)23-19(15)12-13/h2-12,21-22H,1H3. The second-order valence-electron chi connectivity index (χ2n) is 5.48. The van der Waals surface area contributed by atoms with Gasteiger partial charge in [0.2, 0.25) is 0 Å². The van der Waals surface area contributed by atoms with Gasteiger partial charge in [-0.2, -0.15) is 0 Å². The van der Waals surface area contributed by atoms with Crippen molar-refractivity contribution in [3.8, 4) is 0 Å². The first-order valence-corrected chi connectivity index (χ1v) is 7.55. The molecular weight excluding hydrogens is 284 g/mol. The number of rotatable bonds is 3. The van der Waals surface area contributed by atoms with Gasteiger partial charge in [0.15, 0.2) is 0 Å². The number of benzene rings is 3. The maximum atomic E-state index is 8.54. The number of fused-ring (bicyclic) bond motifs is 3. The van der Waals surface area contributed by atoms with Gasteiger partial charge in [-0.1, -0.05) is 42.5 Å². The Morgan fingerprint density at radius 2 is 1.61 bits per heavy atom. The first-order valence-electron chi connectivity index (χ1n) is 7.55. The van der Waals surface area contributed by atoms with Gasteiger partial charge in [-0.15, -0.1) is 0 Å². The summed E-state index contributed by atoms with van der Waals surface area (Å²) >= 11 is 0. The van der Waals surface area contributed by atoms with Crippen LogP contribution in [0, 0.1) is 5.41 Å². The fraction of sp³-hybridized carbons (Fsp3) is 0.0500. The second kappa shape index (κ2) is 5.29. The molecule has 0 bridgehead atoms. The third kappa shape index (κ3) is 2.18. The summed E-state index contributed by atoms with van der Waals surface area (Å²) < 4.78 is 5.92. The molecule has 3 heteroatoms. The molecule has 0 fully saturated rings. The predicted molar refractivity (Wildman–Crippen MR) is 95.6 cm³/mol. The molecule has 0 saturated carbocycles. The molecule has 1 heterocycles. The molecule has 0 aliphatic rings. The molecular formula is C20H16N2O. The van der Waals surface area contributed by atoms with E-state index in [4.69, 9.17) is 9.83 Å². The molecule has 3 aromatic carbocycles. The summed E-state index contributed by atoms with van der Waals surface area (Å²) in [4.78, 5) is 0. The van der Waals surface area contributed by atoms with Gasteiger partial charge in [0.1, 0.15) is 11.2 Å². The van der Waals surface area contributed by atoms with Crippen LogP contribution in [-0.2, 0) is 0 Å². The first-order chi connectivity index (χ1) is 11.3. The third-order valence-electron chi connectivity index (χ3n) is 4.13. The number of anilines is 1. The van der Waals surface area contributed by atoms with Gasteiger partial charge in [0.05, 0.1) is 5.71 Å². The van der Waals surface area contributed by atoms with Crippen molar-refractivity contribution in [3.63, 3.8) is 0 Å². The van der Waals surface area contributed by atoms with Crippen LogP contribution in [0.5, 0.6) is 0 Å². The molecule has 0 atom stereocenters. The van der Waals surface area contributed by atoms with E-state index in [2.05, 4.69) is 11.4 Å². The van der Waals surface area contributed by atoms with Crippen LogP contribution >= 0.6 is 0 Å². The van der Waals surface area contributed by atoms with Crippen molar-refractivity contribution in [1.82, 2.24) is 0 Å². The number of para-hydroxylation sites is 2. The molecule has 0 unspecified atom stereocenters. The molecule has 2 N–H and O–H groups in total. The van der Waals surface area contributed by atoms with Crippen molar-refractivity contribution in [2.24, 2.45) is 0 Å². The Morgan fingerprint density at radius 1 is 0.870 bits per heavy atom. The highest BCUT2D eigenvalue weighted by atomic mass is 16.3. The first kappa shape index (κ1) is 13.6. The largest absolute Gasteiger partial charge is 0.456 e. The van der Waals surface area contributed by atoms with E-state index < -0.39 is 0 Å². The summed E-state index contributed by atoms with van der Waals surface area (Å²) in [7, 11) is 1.87. The fourth-order valence-electron chi connectivity index (χ4n) is 2.96. The maximum Gasteiger partial charge on any atom is 0.136 e. The van der Waals surface area contributed by atoms with Gasteiger partial charge in [-0.3, -0.25) is 5.41 Å². The zero-order valence-corrected chi connectivity index (χ0v) is 12.8. The average Bonchev–Trinajstić information content (AvgIpc) is 2.98. The van der Waals surface area contributed by atoms with E-state index >= 15 is 0 Å². The molecule has 3 nitrogen and oxygen atoms in total. The zero-order chi connectivity index (χ0) is 15.8. The molecule has 0 aliphatic heterocycles. The smallest absolute Gasteiger partial charge is 0.136 e. The van der Waals surface area contributed by atoms with Crippen LogP contribution in [0.4, 0.5) is 5.69 Å². The Bertz CT molecular complexity index is 1030. The van der Waals surface area contributed by atoms with Crippen molar-refractivity contribution in [3.05, 3.63) is 77.9 Å². The monoisotopic (exact) mass is 300 g/mol. The summed E-state index contributed by atoms with van der Waals surface area (Å²) in [6.07, 6.45) is 0. The summed E-state index contributed by atoms with van der Waals surface area (Å²) in [5, 5.41) is 13.9. The van der Waals surface area contributed by atoms with Crippen molar-refractivity contribution in [2.45, 2.75) is 0 Å². The normalized spacial score (nSPS) is 11.0. The summed E-state index contributed by atoms with van der Waals surface area (Å²) in [6, 6.07) is 21.8. The minimum atomic E-state index is 0.484. The Morgan fingerprint density at radius 3 is 2.48 bits per heavy atom. The van der Waals surface area contributed by atoms with Gasteiger partial charge in [-0.05, 0) is 24.3 Å². The van der Waals surface area contributed by atoms with Gasteiger partial charge in [0, 0.05) is 34.6 Å². The Hall–Kier alpha value is -3.07. The number of nitrogens with one attached hydrogen (secondary N) is 2. The summed E-state index contributed by atoms with van der Waals surface area (Å²) in [5.41, 5.74) is 4.85. The lowest BCUT2D eigenvalue weighted by molar-refractivity contribution is 0.669.